The van der Waals surface area contributed by atoms with Gasteiger partial charge in [0.05, 0.1) is 6.10 Å². The van der Waals surface area contributed by atoms with Crippen LogP contribution in [0.15, 0.2) is 0 Å². The lowest BCUT2D eigenvalue weighted by Gasteiger charge is -2.54. The first-order chi connectivity index (χ1) is 12.8. The van der Waals surface area contributed by atoms with Crippen molar-refractivity contribution in [2.75, 3.05) is 6.61 Å². The summed E-state index contributed by atoms with van der Waals surface area (Å²) in [5, 5.41) is 9.10. The zero-order valence-corrected chi connectivity index (χ0v) is 15.5. The predicted octanol–water partition coefficient (Wildman–Crippen LogP) is 3.39. The third kappa shape index (κ3) is 3.15. The average molecular weight is 385 g/mol. The Morgan fingerprint density at radius 3 is 2.78 bits per heavy atom. The topological polar surface area (TPSA) is 67.0 Å². The van der Waals surface area contributed by atoms with Crippen LogP contribution in [-0.4, -0.2) is 34.9 Å². The third-order valence-electron chi connectivity index (χ3n) is 6.79. The predicted molar refractivity (Wildman–Crippen MR) is 92.0 cm³/mol. The first kappa shape index (κ1) is 18.8. The molecule has 2 N–H and O–H groups in total. The van der Waals surface area contributed by atoms with Crippen LogP contribution in [0.4, 0.5) is 13.2 Å². The van der Waals surface area contributed by atoms with Gasteiger partial charge in [-0.15, -0.1) is 0 Å². The van der Waals surface area contributed by atoms with Crippen molar-refractivity contribution in [1.82, 2.24) is 15.5 Å². The van der Waals surface area contributed by atoms with Gasteiger partial charge in [0.15, 0.2) is 5.69 Å². The lowest BCUT2D eigenvalue weighted by atomic mass is 9.60. The maximum absolute atomic E-state index is 13.1. The van der Waals surface area contributed by atoms with Crippen molar-refractivity contribution in [1.29, 1.82) is 0 Å². The summed E-state index contributed by atoms with van der Waals surface area (Å²) in [5.41, 5.74) is -0.176. The van der Waals surface area contributed by atoms with Crippen molar-refractivity contribution in [3.63, 3.8) is 0 Å². The van der Waals surface area contributed by atoms with Crippen LogP contribution in [0, 0.1) is 11.3 Å². The summed E-state index contributed by atoms with van der Waals surface area (Å²) >= 11 is 0. The number of halogens is 3. The summed E-state index contributed by atoms with van der Waals surface area (Å²) in [6, 6.07) is 0.0804. The van der Waals surface area contributed by atoms with Crippen molar-refractivity contribution in [2.45, 2.75) is 76.6 Å². The van der Waals surface area contributed by atoms with E-state index in [1.165, 1.54) is 0 Å². The molecule has 0 bridgehead atoms. The number of rotatable bonds is 4. The minimum Gasteiger partial charge on any atom is -0.378 e. The second-order valence-corrected chi connectivity index (χ2v) is 8.15. The minimum atomic E-state index is -4.49. The van der Waals surface area contributed by atoms with Gasteiger partial charge in [-0.1, -0.05) is 12.8 Å². The van der Waals surface area contributed by atoms with E-state index in [1.807, 2.05) is 6.92 Å². The number of aromatic amines is 1. The average Bonchev–Trinajstić information content (AvgIpc) is 3.28. The zero-order valence-electron chi connectivity index (χ0n) is 15.5. The summed E-state index contributed by atoms with van der Waals surface area (Å²) in [6.07, 6.45) is 1.97. The number of ether oxygens (including phenoxy) is 1. The number of alkyl halides is 3. The highest BCUT2D eigenvalue weighted by molar-refractivity contribution is 5.80. The largest absolute Gasteiger partial charge is 0.435 e. The summed E-state index contributed by atoms with van der Waals surface area (Å²) in [7, 11) is 0. The number of amides is 1. The molecule has 1 spiro atoms. The van der Waals surface area contributed by atoms with Crippen LogP contribution in [0.25, 0.3) is 0 Å². The highest BCUT2D eigenvalue weighted by atomic mass is 19.4. The Labute approximate surface area is 156 Å². The summed E-state index contributed by atoms with van der Waals surface area (Å²) in [6.45, 7) is 2.65. The van der Waals surface area contributed by atoms with Crippen LogP contribution in [0.1, 0.15) is 62.4 Å². The number of H-pyrrole nitrogens is 1. The van der Waals surface area contributed by atoms with Gasteiger partial charge >= 0.3 is 6.18 Å². The van der Waals surface area contributed by atoms with Crippen LogP contribution in [0.5, 0.6) is 0 Å². The first-order valence-electron chi connectivity index (χ1n) is 9.90. The molecule has 0 aromatic carbocycles. The van der Waals surface area contributed by atoms with E-state index in [9.17, 15) is 18.0 Å². The molecule has 0 saturated heterocycles. The molecule has 2 saturated carbocycles. The van der Waals surface area contributed by atoms with E-state index in [4.69, 9.17) is 4.74 Å². The molecule has 3 aliphatic rings. The zero-order chi connectivity index (χ0) is 19.2. The van der Waals surface area contributed by atoms with Crippen LogP contribution >= 0.6 is 0 Å². The van der Waals surface area contributed by atoms with E-state index in [0.29, 0.717) is 25.1 Å². The molecule has 3 aliphatic carbocycles. The molecule has 1 aromatic heterocycles. The number of carbonyl (C=O) groups excluding carboxylic acids is 1. The van der Waals surface area contributed by atoms with Gasteiger partial charge in [-0.05, 0) is 45.4 Å². The fourth-order valence-electron chi connectivity index (χ4n) is 5.33. The van der Waals surface area contributed by atoms with Crippen molar-refractivity contribution < 1.29 is 22.7 Å². The molecule has 27 heavy (non-hydrogen) atoms. The molecule has 3 atom stereocenters. The standard InChI is InChI=1S/C19H26F3N3O2/c1-2-27-15-10-14(18(15)7-3-4-8-18)23-17(26)11-5-6-13-12(9-11)16(25-24-13)19(20,21)22/h11,14-15H,2-10H2,1H3,(H,23,26)(H,24,25). The van der Waals surface area contributed by atoms with Gasteiger partial charge in [0.2, 0.25) is 5.91 Å². The number of hydrogen-bond acceptors (Lipinski definition) is 3. The van der Waals surface area contributed by atoms with Crippen molar-refractivity contribution in [2.24, 2.45) is 11.3 Å². The number of aryl methyl sites for hydroxylation is 1. The molecule has 0 aliphatic heterocycles. The second kappa shape index (κ2) is 6.79. The molecule has 0 radical (unpaired) electrons. The van der Waals surface area contributed by atoms with Gasteiger partial charge in [-0.3, -0.25) is 9.89 Å². The number of nitrogens with zero attached hydrogens (tertiary/aromatic N) is 1. The monoisotopic (exact) mass is 385 g/mol. The fourth-order valence-corrected chi connectivity index (χ4v) is 5.33. The maximum Gasteiger partial charge on any atom is 0.435 e. The van der Waals surface area contributed by atoms with Gasteiger partial charge in [0, 0.05) is 35.2 Å². The Bertz CT molecular complexity index is 710. The molecule has 8 heteroatoms. The van der Waals surface area contributed by atoms with Gasteiger partial charge in [-0.25, -0.2) is 0 Å². The minimum absolute atomic E-state index is 0.0261. The van der Waals surface area contributed by atoms with Crippen molar-refractivity contribution >= 4 is 5.91 Å². The molecule has 2 fully saturated rings. The second-order valence-electron chi connectivity index (χ2n) is 8.15. The van der Waals surface area contributed by atoms with Crippen LogP contribution in [0.2, 0.25) is 0 Å². The molecule has 4 rings (SSSR count). The number of nitrogens with one attached hydrogen (secondary N) is 2. The van der Waals surface area contributed by atoms with Crippen LogP contribution < -0.4 is 5.32 Å². The Balaban J connectivity index is 1.43. The molecular weight excluding hydrogens is 359 g/mol. The Morgan fingerprint density at radius 2 is 2.11 bits per heavy atom. The molecule has 1 amide bonds. The SMILES string of the molecule is CCOC1CC(NC(=O)C2CCc3[nH]nc(C(F)(F)F)c3C2)C12CCCC2. The van der Waals surface area contributed by atoms with Gasteiger partial charge in [0.25, 0.3) is 0 Å². The molecule has 150 valence electrons. The van der Waals surface area contributed by atoms with Crippen LogP contribution in [0.3, 0.4) is 0 Å². The smallest absolute Gasteiger partial charge is 0.378 e. The van der Waals surface area contributed by atoms with Crippen LogP contribution in [-0.2, 0) is 28.5 Å². The first-order valence-corrected chi connectivity index (χ1v) is 9.90. The van der Waals surface area contributed by atoms with E-state index in [0.717, 1.165) is 32.1 Å². The molecule has 1 aromatic rings. The summed E-state index contributed by atoms with van der Waals surface area (Å²) in [4.78, 5) is 12.8. The van der Waals surface area contributed by atoms with Gasteiger partial charge in [0.1, 0.15) is 0 Å². The molecule has 5 nitrogen and oxygen atoms in total. The Morgan fingerprint density at radius 1 is 1.37 bits per heavy atom. The quantitative estimate of drug-likeness (QED) is 0.835. The highest BCUT2D eigenvalue weighted by Gasteiger charge is 2.57. The normalized spacial score (nSPS) is 29.4. The number of aromatic nitrogens is 2. The van der Waals surface area contributed by atoms with E-state index in [-0.39, 0.29) is 35.5 Å². The van der Waals surface area contributed by atoms with E-state index in [2.05, 4.69) is 15.5 Å². The molecular formula is C19H26F3N3O2. The van der Waals surface area contributed by atoms with E-state index < -0.39 is 17.8 Å². The number of hydrogen-bond donors (Lipinski definition) is 2. The van der Waals surface area contributed by atoms with Gasteiger partial charge < -0.3 is 10.1 Å². The Kier molecular flexibility index (Phi) is 4.72. The summed E-state index contributed by atoms with van der Waals surface area (Å²) in [5.74, 6) is -0.554. The summed E-state index contributed by atoms with van der Waals surface area (Å²) < 4.78 is 45.3. The van der Waals surface area contributed by atoms with Gasteiger partial charge in [-0.2, -0.15) is 18.3 Å². The fraction of sp³-hybridized carbons (Fsp3) is 0.789. The van der Waals surface area contributed by atoms with E-state index in [1.54, 1.807) is 0 Å². The lowest BCUT2D eigenvalue weighted by molar-refractivity contribution is -0.147. The van der Waals surface area contributed by atoms with Crippen molar-refractivity contribution in [3.8, 4) is 0 Å². The molecule has 1 heterocycles. The Hall–Kier alpha value is -1.57. The van der Waals surface area contributed by atoms with E-state index >= 15 is 0 Å². The number of fused-ring (bicyclic) bond motifs is 1. The maximum atomic E-state index is 13.1. The third-order valence-corrected chi connectivity index (χ3v) is 6.79. The highest BCUT2D eigenvalue weighted by Crippen LogP contribution is 2.54. The number of carbonyl (C=O) groups is 1. The lowest BCUT2D eigenvalue weighted by Crippen LogP contribution is -2.64. The van der Waals surface area contributed by atoms with Crippen molar-refractivity contribution in [3.05, 3.63) is 17.0 Å². The molecule has 3 unspecified atom stereocenters.